The van der Waals surface area contributed by atoms with Gasteiger partial charge in [0, 0.05) is 50.5 Å². The van der Waals surface area contributed by atoms with E-state index in [4.69, 9.17) is 9.97 Å². The Balaban J connectivity index is 1.59. The maximum Gasteiger partial charge on any atom is 0.106 e. The minimum absolute atomic E-state index is 0.821. The van der Waals surface area contributed by atoms with Crippen LogP contribution in [-0.2, 0) is 19.3 Å². The summed E-state index contributed by atoms with van der Waals surface area (Å²) in [7, 11) is 0. The third kappa shape index (κ3) is 9.60. The Morgan fingerprint density at radius 1 is 0.481 bits per heavy atom. The lowest BCUT2D eigenvalue weighted by atomic mass is 10.0. The number of aromatic nitrogens is 5. The third-order valence-electron chi connectivity index (χ3n) is 10.7. The van der Waals surface area contributed by atoms with E-state index in [2.05, 4.69) is 112 Å². The van der Waals surface area contributed by atoms with Crippen LogP contribution in [0.3, 0.4) is 0 Å². The molecule has 2 aliphatic rings. The first kappa shape index (κ1) is 38.0. The van der Waals surface area contributed by atoms with Crippen molar-refractivity contribution in [3.8, 4) is 11.1 Å². The van der Waals surface area contributed by atoms with Gasteiger partial charge in [0.05, 0.1) is 22.8 Å². The van der Waals surface area contributed by atoms with Gasteiger partial charge in [-0.1, -0.05) is 97.8 Å². The van der Waals surface area contributed by atoms with E-state index in [1.165, 1.54) is 93.7 Å². The molecular weight excluding hydrogens is 702 g/mol. The van der Waals surface area contributed by atoms with E-state index in [1.807, 2.05) is 6.20 Å². The van der Waals surface area contributed by atoms with Crippen LogP contribution in [0.25, 0.3) is 57.5 Å². The molecule has 5 nitrogen and oxygen atoms in total. The molecule has 0 atom stereocenters. The third-order valence-corrected chi connectivity index (χ3v) is 11.1. The number of hydrogen-bond acceptors (Lipinski definition) is 3. The van der Waals surface area contributed by atoms with Gasteiger partial charge in [-0.05, 0) is 121 Å². The van der Waals surface area contributed by atoms with Gasteiger partial charge in [0.1, 0.15) is 4.60 Å². The van der Waals surface area contributed by atoms with E-state index < -0.39 is 0 Å². The van der Waals surface area contributed by atoms with Crippen LogP contribution in [0.1, 0.15) is 157 Å². The molecule has 0 saturated heterocycles. The molecule has 274 valence electrons. The van der Waals surface area contributed by atoms with Gasteiger partial charge in [0.15, 0.2) is 0 Å². The summed E-state index contributed by atoms with van der Waals surface area (Å²) in [5.74, 6) is 0. The Morgan fingerprint density at radius 2 is 0.885 bits per heavy atom. The molecule has 0 spiro atoms. The second kappa shape index (κ2) is 19.3. The topological polar surface area (TPSA) is 70.2 Å². The van der Waals surface area contributed by atoms with Crippen molar-refractivity contribution in [3.05, 3.63) is 86.7 Å². The number of aryl methyl sites for hydroxylation is 2. The van der Waals surface area contributed by atoms with Gasteiger partial charge in [0.25, 0.3) is 0 Å². The average Bonchev–Trinajstić information content (AvgIpc) is 3.99. The molecule has 0 amide bonds. The van der Waals surface area contributed by atoms with Crippen LogP contribution in [0.5, 0.6) is 0 Å². The highest BCUT2D eigenvalue weighted by Crippen LogP contribution is 2.33. The van der Waals surface area contributed by atoms with Gasteiger partial charge in [0.2, 0.25) is 0 Å². The molecule has 0 radical (unpaired) electrons. The normalized spacial score (nSPS) is 12.3. The Bertz CT molecular complexity index is 1900. The highest BCUT2D eigenvalue weighted by atomic mass is 79.9. The Labute approximate surface area is 320 Å². The predicted octanol–water partition coefficient (Wildman–Crippen LogP) is 14.0. The Morgan fingerprint density at radius 3 is 1.33 bits per heavy atom. The highest BCUT2D eigenvalue weighted by Gasteiger charge is 2.17. The first-order valence-corrected chi connectivity index (χ1v) is 21.1. The van der Waals surface area contributed by atoms with E-state index in [-0.39, 0.29) is 0 Å². The fourth-order valence-electron chi connectivity index (χ4n) is 7.75. The van der Waals surface area contributed by atoms with Crippen molar-refractivity contribution >= 4 is 62.3 Å². The molecule has 0 aromatic carbocycles. The number of fused-ring (bicyclic) bond motifs is 8. The summed E-state index contributed by atoms with van der Waals surface area (Å²) < 4.78 is 0.821. The van der Waals surface area contributed by atoms with Gasteiger partial charge in [-0.2, -0.15) is 0 Å². The molecule has 0 aliphatic carbocycles. The van der Waals surface area contributed by atoms with Crippen molar-refractivity contribution in [2.24, 2.45) is 0 Å². The number of halogens is 1. The SMILES string of the molecule is CCCCCCCc1c2nc(c(CCCCCCC)c3ccc([nH]3)c(-c3ccnc(Br)c3)c3ccc([nH]3)c(CCCCCCC)c3nc1C=C3)C=C2. The molecule has 6 heterocycles. The van der Waals surface area contributed by atoms with E-state index in [9.17, 15) is 0 Å². The molecule has 0 fully saturated rings. The molecule has 0 unspecified atom stereocenters. The summed E-state index contributed by atoms with van der Waals surface area (Å²) in [5.41, 5.74) is 14.9. The molecule has 4 aromatic heterocycles. The second-order valence-corrected chi connectivity index (χ2v) is 15.5. The number of nitrogens with one attached hydrogen (secondary N) is 2. The van der Waals surface area contributed by atoms with E-state index in [0.29, 0.717) is 0 Å². The summed E-state index contributed by atoms with van der Waals surface area (Å²) >= 11 is 3.65. The van der Waals surface area contributed by atoms with Gasteiger partial charge in [-0.25, -0.2) is 15.0 Å². The first-order valence-electron chi connectivity index (χ1n) is 20.3. The lowest BCUT2D eigenvalue weighted by Gasteiger charge is -2.07. The van der Waals surface area contributed by atoms with Crippen LogP contribution in [0.15, 0.2) is 47.2 Å². The lowest BCUT2D eigenvalue weighted by molar-refractivity contribution is 0.630. The van der Waals surface area contributed by atoms with Crippen LogP contribution >= 0.6 is 15.9 Å². The van der Waals surface area contributed by atoms with Crippen LogP contribution < -0.4 is 0 Å². The van der Waals surface area contributed by atoms with Crippen molar-refractivity contribution in [2.75, 3.05) is 0 Å². The average molecular weight is 761 g/mol. The molecule has 0 saturated carbocycles. The fraction of sp³-hybridized carbons (Fsp3) is 0.457. The van der Waals surface area contributed by atoms with Crippen LogP contribution in [0.4, 0.5) is 0 Å². The van der Waals surface area contributed by atoms with E-state index in [1.54, 1.807) is 0 Å². The van der Waals surface area contributed by atoms with Crippen molar-refractivity contribution in [3.63, 3.8) is 0 Å². The number of nitrogens with zero attached hydrogens (tertiary/aromatic N) is 3. The van der Waals surface area contributed by atoms with E-state index in [0.717, 1.165) is 99.1 Å². The number of aromatic amines is 2. The number of rotatable bonds is 19. The van der Waals surface area contributed by atoms with Crippen molar-refractivity contribution in [1.82, 2.24) is 24.9 Å². The van der Waals surface area contributed by atoms with Gasteiger partial charge in [-0.3, -0.25) is 0 Å². The number of pyridine rings is 1. The molecule has 6 heteroatoms. The van der Waals surface area contributed by atoms with Crippen molar-refractivity contribution in [2.45, 2.75) is 136 Å². The smallest absolute Gasteiger partial charge is 0.106 e. The number of hydrogen-bond donors (Lipinski definition) is 2. The zero-order chi connectivity index (χ0) is 36.1. The molecule has 2 aliphatic heterocycles. The quantitative estimate of drug-likeness (QED) is 0.0638. The molecule has 2 N–H and O–H groups in total. The molecule has 4 aromatic rings. The largest absolute Gasteiger partial charge is 0.355 e. The first-order chi connectivity index (χ1) is 25.6. The van der Waals surface area contributed by atoms with Crippen LogP contribution in [0, 0.1) is 0 Å². The minimum Gasteiger partial charge on any atom is -0.355 e. The summed E-state index contributed by atoms with van der Waals surface area (Å²) in [5, 5.41) is 0. The molecule has 8 bridgehead atoms. The fourth-order valence-corrected chi connectivity index (χ4v) is 8.11. The minimum atomic E-state index is 0.821. The van der Waals surface area contributed by atoms with E-state index >= 15 is 0 Å². The summed E-state index contributed by atoms with van der Waals surface area (Å²) in [6.45, 7) is 6.85. The van der Waals surface area contributed by atoms with Crippen molar-refractivity contribution in [1.29, 1.82) is 0 Å². The van der Waals surface area contributed by atoms with Gasteiger partial charge >= 0.3 is 0 Å². The summed E-state index contributed by atoms with van der Waals surface area (Å²) in [4.78, 5) is 23.1. The highest BCUT2D eigenvalue weighted by molar-refractivity contribution is 9.10. The van der Waals surface area contributed by atoms with Gasteiger partial charge < -0.3 is 9.97 Å². The van der Waals surface area contributed by atoms with Crippen LogP contribution in [-0.4, -0.2) is 24.9 Å². The monoisotopic (exact) mass is 759 g/mol. The second-order valence-electron chi connectivity index (χ2n) is 14.7. The van der Waals surface area contributed by atoms with Gasteiger partial charge in [-0.15, -0.1) is 0 Å². The van der Waals surface area contributed by atoms with Crippen molar-refractivity contribution < 1.29 is 0 Å². The Hall–Kier alpha value is -3.77. The Kier molecular flexibility index (Phi) is 14.1. The molecule has 52 heavy (non-hydrogen) atoms. The summed E-state index contributed by atoms with van der Waals surface area (Å²) in [6.07, 6.45) is 32.5. The predicted molar refractivity (Wildman–Crippen MR) is 227 cm³/mol. The maximum atomic E-state index is 5.43. The lowest BCUT2D eigenvalue weighted by Crippen LogP contribution is -1.97. The summed E-state index contributed by atoms with van der Waals surface area (Å²) in [6, 6.07) is 13.2. The van der Waals surface area contributed by atoms with Crippen LogP contribution in [0.2, 0.25) is 0 Å². The zero-order valence-corrected chi connectivity index (χ0v) is 33.4. The standard InChI is InChI=1S/C46H58BrN5/c1-4-7-10-13-16-19-34-37-22-24-39(49-37)35(20-17-14-11-8-5-2)41-26-28-43(51-41)46(33-30-31-48-45(47)32-33)44-29-27-42(52-44)36(21-18-15-12-9-6-3)40-25-23-38(34)50-40/h22-32,51-52H,4-21H2,1-3H3. The molecule has 6 rings (SSSR count). The number of H-pyrrole nitrogens is 2. The number of unbranched alkanes of at least 4 members (excludes halogenated alkanes) is 12. The zero-order valence-electron chi connectivity index (χ0n) is 31.8. The maximum absolute atomic E-state index is 5.43. The molecular formula is C46H58BrN5.